The Morgan fingerprint density at radius 2 is 1.75 bits per heavy atom. The standard InChI is InChI=1S/C28H34N4O3S/c1-5-22-17-26(32(2)15-14-19-8-13-24(34-3)25(16-19)35-4)31-28(30-22)36-18-20-6-9-21(10-7-20)27(33)29-23-11-12-23/h6-10,13,16-17,23H,5,11-12,14-15,18H2,1-4H3,(H,29,33). The molecule has 7 nitrogen and oxygen atoms in total. The number of nitrogens with one attached hydrogen (secondary N) is 1. The van der Waals surface area contributed by atoms with Crippen LogP contribution in [0.3, 0.4) is 0 Å². The summed E-state index contributed by atoms with van der Waals surface area (Å²) in [7, 11) is 5.35. The van der Waals surface area contributed by atoms with Crippen molar-refractivity contribution in [3.8, 4) is 11.5 Å². The molecule has 0 radical (unpaired) electrons. The van der Waals surface area contributed by atoms with Gasteiger partial charge in [0.1, 0.15) is 5.82 Å². The molecule has 1 saturated carbocycles. The van der Waals surface area contributed by atoms with Gasteiger partial charge in [-0.1, -0.05) is 36.9 Å². The van der Waals surface area contributed by atoms with Gasteiger partial charge >= 0.3 is 0 Å². The number of thioether (sulfide) groups is 1. The third-order valence-electron chi connectivity index (χ3n) is 6.18. The van der Waals surface area contributed by atoms with E-state index in [4.69, 9.17) is 19.4 Å². The van der Waals surface area contributed by atoms with E-state index < -0.39 is 0 Å². The number of aryl methyl sites for hydroxylation is 1. The molecular weight excluding hydrogens is 472 g/mol. The summed E-state index contributed by atoms with van der Waals surface area (Å²) >= 11 is 1.61. The number of hydrogen-bond donors (Lipinski definition) is 1. The largest absolute Gasteiger partial charge is 0.493 e. The Kier molecular flexibility index (Phi) is 8.70. The highest BCUT2D eigenvalue weighted by Crippen LogP contribution is 2.28. The number of likely N-dealkylation sites (N-methyl/N-ethyl adjacent to an activating group) is 1. The molecule has 0 saturated heterocycles. The zero-order valence-electron chi connectivity index (χ0n) is 21.4. The van der Waals surface area contributed by atoms with Crippen molar-refractivity contribution in [3.05, 3.63) is 70.9 Å². The van der Waals surface area contributed by atoms with Crippen molar-refractivity contribution >= 4 is 23.5 Å². The number of amides is 1. The maximum atomic E-state index is 12.2. The maximum Gasteiger partial charge on any atom is 0.251 e. The second-order valence-electron chi connectivity index (χ2n) is 8.95. The summed E-state index contributed by atoms with van der Waals surface area (Å²) in [6, 6.07) is 16.3. The predicted molar refractivity (Wildman–Crippen MR) is 144 cm³/mol. The lowest BCUT2D eigenvalue weighted by atomic mass is 10.1. The summed E-state index contributed by atoms with van der Waals surface area (Å²) in [6.07, 6.45) is 3.87. The fraction of sp³-hybridized carbons (Fsp3) is 0.393. The molecule has 0 aliphatic heterocycles. The molecule has 0 atom stereocenters. The smallest absolute Gasteiger partial charge is 0.251 e. The number of methoxy groups -OCH3 is 2. The molecule has 2 aromatic carbocycles. The number of anilines is 1. The average Bonchev–Trinajstić information content (AvgIpc) is 3.74. The second-order valence-corrected chi connectivity index (χ2v) is 9.89. The minimum Gasteiger partial charge on any atom is -0.493 e. The highest BCUT2D eigenvalue weighted by atomic mass is 32.2. The third kappa shape index (κ3) is 6.91. The highest BCUT2D eigenvalue weighted by Gasteiger charge is 2.23. The summed E-state index contributed by atoms with van der Waals surface area (Å²) in [5, 5.41) is 3.79. The lowest BCUT2D eigenvalue weighted by Gasteiger charge is -2.20. The van der Waals surface area contributed by atoms with Gasteiger partial charge in [0.2, 0.25) is 0 Å². The first-order valence-electron chi connectivity index (χ1n) is 12.3. The van der Waals surface area contributed by atoms with Gasteiger partial charge in [0, 0.05) is 42.7 Å². The van der Waals surface area contributed by atoms with Crippen LogP contribution in [0, 0.1) is 0 Å². The van der Waals surface area contributed by atoms with Crippen molar-refractivity contribution in [2.75, 3.05) is 32.7 Å². The number of nitrogens with zero attached hydrogens (tertiary/aromatic N) is 3. The summed E-state index contributed by atoms with van der Waals surface area (Å²) in [4.78, 5) is 23.9. The van der Waals surface area contributed by atoms with Crippen LogP contribution in [0.5, 0.6) is 11.5 Å². The van der Waals surface area contributed by atoms with Gasteiger partial charge in [-0.15, -0.1) is 0 Å². The number of carbonyl (C=O) groups excluding carboxylic acids is 1. The number of rotatable bonds is 12. The molecule has 190 valence electrons. The number of carbonyl (C=O) groups is 1. The SMILES string of the molecule is CCc1cc(N(C)CCc2ccc(OC)c(OC)c2)nc(SCc2ccc(C(=O)NC3CC3)cc2)n1. The van der Waals surface area contributed by atoms with Crippen LogP contribution in [-0.2, 0) is 18.6 Å². The van der Waals surface area contributed by atoms with E-state index >= 15 is 0 Å². The molecule has 3 aromatic rings. The van der Waals surface area contributed by atoms with E-state index in [0.717, 1.165) is 71.7 Å². The molecule has 1 heterocycles. The van der Waals surface area contributed by atoms with Crippen LogP contribution in [0.2, 0.25) is 0 Å². The Balaban J connectivity index is 1.37. The van der Waals surface area contributed by atoms with E-state index in [1.54, 1.807) is 26.0 Å². The quantitative estimate of drug-likeness (QED) is 0.276. The van der Waals surface area contributed by atoms with Crippen LogP contribution in [0.25, 0.3) is 0 Å². The second kappa shape index (κ2) is 12.1. The van der Waals surface area contributed by atoms with Crippen molar-refractivity contribution in [1.82, 2.24) is 15.3 Å². The van der Waals surface area contributed by atoms with Crippen LogP contribution in [-0.4, -0.2) is 49.7 Å². The Morgan fingerprint density at radius 3 is 2.42 bits per heavy atom. The average molecular weight is 507 g/mol. The van der Waals surface area contributed by atoms with Gasteiger partial charge in [0.25, 0.3) is 5.91 Å². The van der Waals surface area contributed by atoms with Gasteiger partial charge < -0.3 is 19.7 Å². The van der Waals surface area contributed by atoms with E-state index in [1.165, 1.54) is 5.56 Å². The zero-order chi connectivity index (χ0) is 25.5. The van der Waals surface area contributed by atoms with Gasteiger partial charge in [-0.2, -0.15) is 0 Å². The van der Waals surface area contributed by atoms with Gasteiger partial charge in [-0.25, -0.2) is 9.97 Å². The molecular formula is C28H34N4O3S. The van der Waals surface area contributed by atoms with E-state index in [0.29, 0.717) is 11.6 Å². The Labute approximate surface area is 217 Å². The van der Waals surface area contributed by atoms with Crippen molar-refractivity contribution in [3.63, 3.8) is 0 Å². The van der Waals surface area contributed by atoms with Gasteiger partial charge in [-0.3, -0.25) is 4.79 Å². The topological polar surface area (TPSA) is 76.6 Å². The molecule has 0 unspecified atom stereocenters. The molecule has 1 aliphatic rings. The first-order chi connectivity index (χ1) is 17.5. The fourth-order valence-electron chi connectivity index (χ4n) is 3.74. The first-order valence-corrected chi connectivity index (χ1v) is 13.3. The zero-order valence-corrected chi connectivity index (χ0v) is 22.2. The van der Waals surface area contributed by atoms with E-state index in [2.05, 4.69) is 36.3 Å². The lowest BCUT2D eigenvalue weighted by molar-refractivity contribution is 0.0951. The Hall–Kier alpha value is -3.26. The van der Waals surface area contributed by atoms with Crippen molar-refractivity contribution < 1.29 is 14.3 Å². The Bertz CT molecular complexity index is 1180. The van der Waals surface area contributed by atoms with Gasteiger partial charge in [0.05, 0.1) is 14.2 Å². The van der Waals surface area contributed by atoms with Crippen LogP contribution in [0.4, 0.5) is 5.82 Å². The van der Waals surface area contributed by atoms with Crippen molar-refractivity contribution in [2.45, 2.75) is 49.6 Å². The monoisotopic (exact) mass is 506 g/mol. The number of benzene rings is 2. The molecule has 36 heavy (non-hydrogen) atoms. The molecule has 4 rings (SSSR count). The summed E-state index contributed by atoms with van der Waals surface area (Å²) in [6.45, 7) is 2.92. The van der Waals surface area contributed by atoms with Crippen LogP contribution in [0.15, 0.2) is 53.7 Å². The fourth-order valence-corrected chi connectivity index (χ4v) is 4.57. The molecule has 1 aliphatic carbocycles. The predicted octanol–water partition coefficient (Wildman–Crippen LogP) is 4.92. The molecule has 1 fully saturated rings. The van der Waals surface area contributed by atoms with Crippen LogP contribution < -0.4 is 19.7 Å². The summed E-state index contributed by atoms with van der Waals surface area (Å²) < 4.78 is 10.8. The summed E-state index contributed by atoms with van der Waals surface area (Å²) in [5.74, 6) is 3.14. The first kappa shape index (κ1) is 25.8. The minimum absolute atomic E-state index is 0.0106. The molecule has 1 amide bonds. The normalized spacial score (nSPS) is 12.8. The van der Waals surface area contributed by atoms with Crippen molar-refractivity contribution in [2.24, 2.45) is 0 Å². The Morgan fingerprint density at radius 1 is 1.03 bits per heavy atom. The third-order valence-corrected chi connectivity index (χ3v) is 7.10. The molecule has 8 heteroatoms. The highest BCUT2D eigenvalue weighted by molar-refractivity contribution is 7.98. The molecule has 0 bridgehead atoms. The van der Waals surface area contributed by atoms with Crippen molar-refractivity contribution in [1.29, 1.82) is 0 Å². The van der Waals surface area contributed by atoms with E-state index in [9.17, 15) is 4.79 Å². The number of hydrogen-bond acceptors (Lipinski definition) is 7. The number of aromatic nitrogens is 2. The maximum absolute atomic E-state index is 12.2. The van der Waals surface area contributed by atoms with Gasteiger partial charge in [-0.05, 0) is 61.1 Å². The minimum atomic E-state index is 0.0106. The number of ether oxygens (including phenoxy) is 2. The van der Waals surface area contributed by atoms with E-state index in [-0.39, 0.29) is 5.91 Å². The van der Waals surface area contributed by atoms with Crippen LogP contribution >= 0.6 is 11.8 Å². The van der Waals surface area contributed by atoms with Crippen LogP contribution in [0.1, 0.15) is 46.9 Å². The molecule has 1 aromatic heterocycles. The lowest BCUT2D eigenvalue weighted by Crippen LogP contribution is -2.25. The van der Waals surface area contributed by atoms with E-state index in [1.807, 2.05) is 36.4 Å². The molecule has 0 spiro atoms. The summed E-state index contributed by atoms with van der Waals surface area (Å²) in [5.41, 5.74) is 4.04. The molecule has 1 N–H and O–H groups in total. The van der Waals surface area contributed by atoms with Gasteiger partial charge in [0.15, 0.2) is 16.7 Å².